The van der Waals surface area contributed by atoms with Crippen LogP contribution >= 0.6 is 0 Å². The van der Waals surface area contributed by atoms with Crippen LogP contribution in [0.3, 0.4) is 0 Å². The molecule has 0 amide bonds. The zero-order chi connectivity index (χ0) is 13.1. The summed E-state index contributed by atoms with van der Waals surface area (Å²) in [5.74, 6) is 0.396. The predicted molar refractivity (Wildman–Crippen MR) is 72.1 cm³/mol. The second kappa shape index (κ2) is 5.70. The normalized spacial score (nSPS) is 15.2. The van der Waals surface area contributed by atoms with Gasteiger partial charge < -0.3 is 10.0 Å². The number of rotatable bonds is 6. The molecule has 0 unspecified atom stereocenters. The lowest BCUT2D eigenvalue weighted by atomic mass is 10.1. The minimum Gasteiger partial charge on any atom is -0.392 e. The molecule has 0 saturated heterocycles. The number of aliphatic hydroxyl groups is 1. The summed E-state index contributed by atoms with van der Waals surface area (Å²) in [7, 11) is 0. The summed E-state index contributed by atoms with van der Waals surface area (Å²) in [6.07, 6.45) is 3.32. The summed E-state index contributed by atoms with van der Waals surface area (Å²) in [5.41, 5.74) is 1.31. The van der Waals surface area contributed by atoms with Gasteiger partial charge in [-0.15, -0.1) is 0 Å². The Labute approximate surface area is 108 Å². The first-order chi connectivity index (χ1) is 8.63. The van der Waals surface area contributed by atoms with Gasteiger partial charge >= 0.3 is 0 Å². The fourth-order valence-electron chi connectivity index (χ4n) is 2.27. The van der Waals surface area contributed by atoms with Crippen molar-refractivity contribution in [3.8, 4) is 0 Å². The highest BCUT2D eigenvalue weighted by Gasteiger charge is 2.31. The van der Waals surface area contributed by atoms with E-state index >= 15 is 0 Å². The van der Waals surface area contributed by atoms with Gasteiger partial charge in [-0.2, -0.15) is 0 Å². The molecular weight excluding hydrogens is 229 g/mol. The molecule has 2 rings (SSSR count). The molecule has 1 fully saturated rings. The highest BCUT2D eigenvalue weighted by Crippen LogP contribution is 2.35. The van der Waals surface area contributed by atoms with Crippen LogP contribution in [-0.4, -0.2) is 17.7 Å². The molecular formula is C15H22FNO. The molecule has 0 aromatic heterocycles. The van der Waals surface area contributed by atoms with Crippen molar-refractivity contribution in [2.45, 2.75) is 45.8 Å². The summed E-state index contributed by atoms with van der Waals surface area (Å²) < 4.78 is 14.0. The van der Waals surface area contributed by atoms with Crippen molar-refractivity contribution in [3.63, 3.8) is 0 Å². The van der Waals surface area contributed by atoms with E-state index in [9.17, 15) is 9.50 Å². The van der Waals surface area contributed by atoms with E-state index in [-0.39, 0.29) is 12.4 Å². The van der Waals surface area contributed by atoms with E-state index < -0.39 is 0 Å². The molecule has 1 aromatic rings. The van der Waals surface area contributed by atoms with Crippen LogP contribution in [0.5, 0.6) is 0 Å². The molecule has 1 aliphatic rings. The van der Waals surface area contributed by atoms with Crippen molar-refractivity contribution < 1.29 is 9.50 Å². The van der Waals surface area contributed by atoms with Crippen molar-refractivity contribution in [2.75, 3.05) is 11.4 Å². The van der Waals surface area contributed by atoms with Gasteiger partial charge in [0, 0.05) is 18.2 Å². The maximum atomic E-state index is 14.0. The van der Waals surface area contributed by atoms with Crippen LogP contribution in [0.4, 0.5) is 10.1 Å². The fraction of sp³-hybridized carbons (Fsp3) is 0.600. The number of aliphatic hydroxyl groups excluding tert-OH is 1. The van der Waals surface area contributed by atoms with Crippen LogP contribution in [0, 0.1) is 11.7 Å². The average Bonchev–Trinajstić information content (AvgIpc) is 3.15. The standard InChI is InChI=1S/C15H22FNO/c1-11(2)8-9-17(13-6-7-13)15-12(10-18)4-3-5-14(15)16/h3-5,11,13,18H,6-10H2,1-2H3. The molecule has 1 aliphatic carbocycles. The van der Waals surface area contributed by atoms with Crippen LogP contribution in [0.15, 0.2) is 18.2 Å². The first kappa shape index (κ1) is 13.3. The third-order valence-electron chi connectivity index (χ3n) is 3.46. The van der Waals surface area contributed by atoms with E-state index in [0.717, 1.165) is 25.8 Å². The number of para-hydroxylation sites is 1. The monoisotopic (exact) mass is 251 g/mol. The number of nitrogens with zero attached hydrogens (tertiary/aromatic N) is 1. The van der Waals surface area contributed by atoms with Crippen molar-refractivity contribution in [1.29, 1.82) is 0 Å². The Morgan fingerprint density at radius 2 is 2.11 bits per heavy atom. The van der Waals surface area contributed by atoms with Crippen molar-refractivity contribution in [3.05, 3.63) is 29.6 Å². The lowest BCUT2D eigenvalue weighted by Gasteiger charge is -2.28. The van der Waals surface area contributed by atoms with Crippen molar-refractivity contribution in [1.82, 2.24) is 0 Å². The Balaban J connectivity index is 2.24. The van der Waals surface area contributed by atoms with Gasteiger partial charge in [0.25, 0.3) is 0 Å². The minimum absolute atomic E-state index is 0.0992. The van der Waals surface area contributed by atoms with Crippen LogP contribution in [0.25, 0.3) is 0 Å². The van der Waals surface area contributed by atoms with Gasteiger partial charge in [0.1, 0.15) is 5.82 Å². The Morgan fingerprint density at radius 3 is 2.67 bits per heavy atom. The molecule has 1 aromatic carbocycles. The Kier molecular flexibility index (Phi) is 4.23. The molecule has 0 radical (unpaired) electrons. The Bertz CT molecular complexity index is 401. The topological polar surface area (TPSA) is 23.5 Å². The van der Waals surface area contributed by atoms with Crippen LogP contribution in [-0.2, 0) is 6.61 Å². The van der Waals surface area contributed by atoms with E-state index in [1.165, 1.54) is 6.07 Å². The molecule has 1 saturated carbocycles. The quantitative estimate of drug-likeness (QED) is 0.838. The van der Waals surface area contributed by atoms with Crippen LogP contribution in [0.1, 0.15) is 38.7 Å². The lowest BCUT2D eigenvalue weighted by molar-refractivity contribution is 0.281. The average molecular weight is 251 g/mol. The smallest absolute Gasteiger partial charge is 0.146 e. The zero-order valence-electron chi connectivity index (χ0n) is 11.2. The van der Waals surface area contributed by atoms with Gasteiger partial charge in [-0.1, -0.05) is 26.0 Å². The Hall–Kier alpha value is -1.09. The van der Waals surface area contributed by atoms with E-state index in [1.54, 1.807) is 6.07 Å². The molecule has 18 heavy (non-hydrogen) atoms. The van der Waals surface area contributed by atoms with E-state index in [2.05, 4.69) is 18.7 Å². The fourth-order valence-corrected chi connectivity index (χ4v) is 2.27. The summed E-state index contributed by atoms with van der Waals surface area (Å²) in [4.78, 5) is 2.15. The Morgan fingerprint density at radius 1 is 1.39 bits per heavy atom. The van der Waals surface area contributed by atoms with Gasteiger partial charge in [-0.3, -0.25) is 0 Å². The van der Waals surface area contributed by atoms with E-state index in [1.807, 2.05) is 6.07 Å². The summed E-state index contributed by atoms with van der Waals surface area (Å²) in [6.45, 7) is 5.13. The largest absolute Gasteiger partial charge is 0.392 e. The molecule has 0 bridgehead atoms. The predicted octanol–water partition coefficient (Wildman–Crippen LogP) is 3.33. The van der Waals surface area contributed by atoms with E-state index in [4.69, 9.17) is 0 Å². The number of benzene rings is 1. The lowest BCUT2D eigenvalue weighted by Crippen LogP contribution is -2.29. The molecule has 0 atom stereocenters. The van der Waals surface area contributed by atoms with Gasteiger partial charge in [-0.05, 0) is 31.2 Å². The minimum atomic E-state index is -0.211. The van der Waals surface area contributed by atoms with Crippen LogP contribution in [0.2, 0.25) is 0 Å². The van der Waals surface area contributed by atoms with Gasteiger partial charge in [-0.25, -0.2) is 4.39 Å². The number of halogens is 1. The SMILES string of the molecule is CC(C)CCN(c1c(F)cccc1CO)C1CC1. The summed E-state index contributed by atoms with van der Waals surface area (Å²) >= 11 is 0. The number of hydrogen-bond acceptors (Lipinski definition) is 2. The molecule has 3 heteroatoms. The third-order valence-corrected chi connectivity index (χ3v) is 3.46. The summed E-state index contributed by atoms with van der Waals surface area (Å²) in [5, 5.41) is 9.38. The number of hydrogen-bond donors (Lipinski definition) is 1. The second-order valence-electron chi connectivity index (χ2n) is 5.51. The summed E-state index contributed by atoms with van der Waals surface area (Å²) in [6, 6.07) is 5.42. The third kappa shape index (κ3) is 3.02. The van der Waals surface area contributed by atoms with Crippen LogP contribution < -0.4 is 4.90 Å². The second-order valence-corrected chi connectivity index (χ2v) is 5.51. The van der Waals surface area contributed by atoms with Gasteiger partial charge in [0.05, 0.1) is 12.3 Å². The molecule has 2 nitrogen and oxygen atoms in total. The first-order valence-corrected chi connectivity index (χ1v) is 6.78. The molecule has 1 N–H and O–H groups in total. The highest BCUT2D eigenvalue weighted by molar-refractivity contribution is 5.56. The van der Waals surface area contributed by atoms with Gasteiger partial charge in [0.2, 0.25) is 0 Å². The van der Waals surface area contributed by atoms with Crippen molar-refractivity contribution in [2.24, 2.45) is 5.92 Å². The molecule has 100 valence electrons. The maximum absolute atomic E-state index is 14.0. The van der Waals surface area contributed by atoms with E-state index in [0.29, 0.717) is 23.2 Å². The number of anilines is 1. The molecule has 0 heterocycles. The molecule has 0 aliphatic heterocycles. The maximum Gasteiger partial charge on any atom is 0.146 e. The van der Waals surface area contributed by atoms with Crippen molar-refractivity contribution >= 4 is 5.69 Å². The zero-order valence-corrected chi connectivity index (χ0v) is 11.2. The van der Waals surface area contributed by atoms with Gasteiger partial charge in [0.15, 0.2) is 0 Å². The first-order valence-electron chi connectivity index (χ1n) is 6.78. The highest BCUT2D eigenvalue weighted by atomic mass is 19.1. The molecule has 0 spiro atoms.